The van der Waals surface area contributed by atoms with Gasteiger partial charge < -0.3 is 4.90 Å². The van der Waals surface area contributed by atoms with Crippen LogP contribution in [0.15, 0.2) is 18.7 Å². The minimum absolute atomic E-state index is 0.166. The highest BCUT2D eigenvalue weighted by atomic mass is 19.1. The smallest absolute Gasteiger partial charge is 0.257 e. The van der Waals surface area contributed by atoms with Crippen molar-refractivity contribution in [2.75, 3.05) is 13.1 Å². The van der Waals surface area contributed by atoms with Gasteiger partial charge in [-0.15, -0.1) is 0 Å². The van der Waals surface area contributed by atoms with Crippen molar-refractivity contribution in [1.82, 2.24) is 4.90 Å². The summed E-state index contributed by atoms with van der Waals surface area (Å²) in [4.78, 5) is 13.7. The van der Waals surface area contributed by atoms with E-state index in [2.05, 4.69) is 6.58 Å². The van der Waals surface area contributed by atoms with E-state index in [1.54, 1.807) is 24.0 Å². The Bertz CT molecular complexity index is 413. The fourth-order valence-corrected chi connectivity index (χ4v) is 1.83. The van der Waals surface area contributed by atoms with Crippen LogP contribution in [0.5, 0.6) is 0 Å². The second-order valence-electron chi connectivity index (χ2n) is 3.88. The van der Waals surface area contributed by atoms with Crippen LogP contribution in [-0.4, -0.2) is 23.9 Å². The lowest BCUT2D eigenvalue weighted by Crippen LogP contribution is -2.31. The van der Waals surface area contributed by atoms with Crippen molar-refractivity contribution in [2.24, 2.45) is 0 Å². The average Bonchev–Trinajstić information content (AvgIpc) is 2.29. The summed E-state index contributed by atoms with van der Waals surface area (Å²) in [6.45, 7) is 10.3. The summed E-state index contributed by atoms with van der Waals surface area (Å²) in [6, 6.07) is 3.11. The zero-order chi connectivity index (χ0) is 13.0. The van der Waals surface area contributed by atoms with E-state index >= 15 is 0 Å². The molecular weight excluding hydrogens is 217 g/mol. The topological polar surface area (TPSA) is 20.3 Å². The monoisotopic (exact) mass is 235 g/mol. The molecular formula is C14H18FNO. The van der Waals surface area contributed by atoms with Crippen LogP contribution in [0.2, 0.25) is 0 Å². The van der Waals surface area contributed by atoms with E-state index in [-0.39, 0.29) is 11.5 Å². The van der Waals surface area contributed by atoms with Gasteiger partial charge >= 0.3 is 0 Å². The molecule has 0 unspecified atom stereocenters. The molecule has 92 valence electrons. The largest absolute Gasteiger partial charge is 0.339 e. The number of rotatable bonds is 4. The summed E-state index contributed by atoms with van der Waals surface area (Å²) in [5.74, 6) is -0.725. The number of carbonyl (C=O) groups is 1. The van der Waals surface area contributed by atoms with Crippen molar-refractivity contribution in [3.63, 3.8) is 0 Å². The number of nitrogens with zero attached hydrogens (tertiary/aromatic N) is 1. The molecule has 0 spiro atoms. The molecule has 1 aromatic carbocycles. The molecule has 0 atom stereocenters. The summed E-state index contributed by atoms with van der Waals surface area (Å²) < 4.78 is 13.9. The maximum absolute atomic E-state index is 13.9. The molecule has 0 fully saturated rings. The standard InChI is InChI=1S/C14H18FNO/c1-5-11-8-10(4)13(12(15)9-11)14(17)16(6-2)7-3/h5,8-9H,1,6-7H2,2-4H3. The first-order valence-corrected chi connectivity index (χ1v) is 5.77. The fraction of sp³-hybridized carbons (Fsp3) is 0.357. The summed E-state index contributed by atoms with van der Waals surface area (Å²) in [6.07, 6.45) is 1.57. The Labute approximate surface area is 102 Å². The van der Waals surface area contributed by atoms with E-state index in [4.69, 9.17) is 0 Å². The Morgan fingerprint density at radius 2 is 2.00 bits per heavy atom. The minimum Gasteiger partial charge on any atom is -0.339 e. The Balaban J connectivity index is 3.22. The number of benzene rings is 1. The van der Waals surface area contributed by atoms with Crippen LogP contribution in [0, 0.1) is 12.7 Å². The Morgan fingerprint density at radius 1 is 1.41 bits per heavy atom. The average molecular weight is 235 g/mol. The van der Waals surface area contributed by atoms with Gasteiger partial charge in [0.25, 0.3) is 5.91 Å². The fourth-order valence-electron chi connectivity index (χ4n) is 1.83. The molecule has 0 heterocycles. The third-order valence-corrected chi connectivity index (χ3v) is 2.81. The molecule has 0 aliphatic rings. The van der Waals surface area contributed by atoms with Gasteiger partial charge in [0.05, 0.1) is 5.56 Å². The number of amides is 1. The Hall–Kier alpha value is -1.64. The number of hydrogen-bond donors (Lipinski definition) is 0. The van der Waals surface area contributed by atoms with Crippen molar-refractivity contribution in [1.29, 1.82) is 0 Å². The molecule has 17 heavy (non-hydrogen) atoms. The highest BCUT2D eigenvalue weighted by Crippen LogP contribution is 2.18. The predicted octanol–water partition coefficient (Wildman–Crippen LogP) is 3.26. The van der Waals surface area contributed by atoms with Crippen molar-refractivity contribution < 1.29 is 9.18 Å². The maximum Gasteiger partial charge on any atom is 0.257 e. The van der Waals surface area contributed by atoms with Crippen LogP contribution in [0.4, 0.5) is 4.39 Å². The highest BCUT2D eigenvalue weighted by Gasteiger charge is 2.19. The Kier molecular flexibility index (Phi) is 4.44. The van der Waals surface area contributed by atoms with Crippen LogP contribution in [0.3, 0.4) is 0 Å². The first-order valence-electron chi connectivity index (χ1n) is 5.77. The molecule has 0 radical (unpaired) electrons. The maximum atomic E-state index is 13.9. The normalized spacial score (nSPS) is 10.1. The number of aryl methyl sites for hydroxylation is 1. The highest BCUT2D eigenvalue weighted by molar-refractivity contribution is 5.96. The first-order chi connectivity index (χ1) is 8.04. The van der Waals surface area contributed by atoms with Gasteiger partial charge in [-0.1, -0.05) is 18.7 Å². The quantitative estimate of drug-likeness (QED) is 0.784. The van der Waals surface area contributed by atoms with Crippen LogP contribution in [0.1, 0.15) is 35.3 Å². The Morgan fingerprint density at radius 3 is 2.41 bits per heavy atom. The molecule has 0 aliphatic carbocycles. The third-order valence-electron chi connectivity index (χ3n) is 2.81. The summed E-state index contributed by atoms with van der Waals surface area (Å²) in [5, 5.41) is 0. The SMILES string of the molecule is C=Cc1cc(C)c(C(=O)N(CC)CC)c(F)c1. The van der Waals surface area contributed by atoms with Crippen LogP contribution >= 0.6 is 0 Å². The molecule has 1 aromatic rings. The van der Waals surface area contributed by atoms with Gasteiger partial charge in [0, 0.05) is 13.1 Å². The number of carbonyl (C=O) groups excluding carboxylic acids is 1. The molecule has 0 N–H and O–H groups in total. The molecule has 0 saturated carbocycles. The van der Waals surface area contributed by atoms with E-state index in [9.17, 15) is 9.18 Å². The van der Waals surface area contributed by atoms with E-state index in [0.717, 1.165) is 0 Å². The van der Waals surface area contributed by atoms with E-state index < -0.39 is 5.82 Å². The second-order valence-corrected chi connectivity index (χ2v) is 3.88. The summed E-state index contributed by atoms with van der Waals surface area (Å²) in [7, 11) is 0. The number of halogens is 1. The van der Waals surface area contributed by atoms with Crippen molar-refractivity contribution in [2.45, 2.75) is 20.8 Å². The van der Waals surface area contributed by atoms with Crippen molar-refractivity contribution >= 4 is 12.0 Å². The summed E-state index contributed by atoms with van der Waals surface area (Å²) in [5.41, 5.74) is 1.51. The molecule has 0 saturated heterocycles. The summed E-state index contributed by atoms with van der Waals surface area (Å²) >= 11 is 0. The van der Waals surface area contributed by atoms with Crippen LogP contribution < -0.4 is 0 Å². The zero-order valence-corrected chi connectivity index (χ0v) is 10.6. The molecule has 0 aromatic heterocycles. The van der Waals surface area contributed by atoms with Crippen molar-refractivity contribution in [3.05, 3.63) is 41.2 Å². The lowest BCUT2D eigenvalue weighted by atomic mass is 10.0. The van der Waals surface area contributed by atoms with Crippen molar-refractivity contribution in [3.8, 4) is 0 Å². The number of hydrogen-bond acceptors (Lipinski definition) is 1. The van der Waals surface area contributed by atoms with E-state index in [0.29, 0.717) is 24.2 Å². The minimum atomic E-state index is -0.475. The van der Waals surface area contributed by atoms with Gasteiger partial charge in [-0.05, 0) is 38.0 Å². The second kappa shape index (κ2) is 5.62. The molecule has 1 amide bonds. The lowest BCUT2D eigenvalue weighted by Gasteiger charge is -2.20. The van der Waals surface area contributed by atoms with Gasteiger partial charge in [0.1, 0.15) is 5.82 Å². The molecule has 2 nitrogen and oxygen atoms in total. The van der Waals surface area contributed by atoms with Crippen LogP contribution in [-0.2, 0) is 0 Å². The van der Waals surface area contributed by atoms with Gasteiger partial charge in [-0.25, -0.2) is 4.39 Å². The van der Waals surface area contributed by atoms with Crippen LogP contribution in [0.25, 0.3) is 6.08 Å². The van der Waals surface area contributed by atoms with E-state index in [1.165, 1.54) is 6.07 Å². The predicted molar refractivity (Wildman–Crippen MR) is 68.5 cm³/mol. The van der Waals surface area contributed by atoms with Gasteiger partial charge in [0.2, 0.25) is 0 Å². The van der Waals surface area contributed by atoms with Gasteiger partial charge in [-0.3, -0.25) is 4.79 Å². The molecule has 0 aliphatic heterocycles. The van der Waals surface area contributed by atoms with Gasteiger partial charge in [-0.2, -0.15) is 0 Å². The first kappa shape index (κ1) is 13.4. The van der Waals surface area contributed by atoms with E-state index in [1.807, 2.05) is 13.8 Å². The zero-order valence-electron chi connectivity index (χ0n) is 10.6. The molecule has 1 rings (SSSR count). The molecule has 0 bridgehead atoms. The molecule has 3 heteroatoms. The van der Waals surface area contributed by atoms with Gasteiger partial charge in [0.15, 0.2) is 0 Å². The lowest BCUT2D eigenvalue weighted by molar-refractivity contribution is 0.0767. The third kappa shape index (κ3) is 2.73.